The quantitative estimate of drug-likeness (QED) is 0.925. The van der Waals surface area contributed by atoms with Crippen molar-refractivity contribution in [3.63, 3.8) is 0 Å². The number of hydrogen-bond donors (Lipinski definition) is 1. The van der Waals surface area contributed by atoms with Crippen molar-refractivity contribution in [2.45, 2.75) is 20.8 Å². The third-order valence-corrected chi connectivity index (χ3v) is 4.36. The number of benzene rings is 1. The zero-order valence-electron chi connectivity index (χ0n) is 12.8. The van der Waals surface area contributed by atoms with Crippen LogP contribution in [0.4, 0.5) is 5.82 Å². The van der Waals surface area contributed by atoms with Gasteiger partial charge in [0.1, 0.15) is 5.75 Å². The molecule has 0 aliphatic heterocycles. The van der Waals surface area contributed by atoms with Crippen molar-refractivity contribution >= 4 is 21.7 Å². The fourth-order valence-corrected chi connectivity index (χ4v) is 3.17. The van der Waals surface area contributed by atoms with Crippen molar-refractivity contribution in [2.24, 2.45) is 0 Å². The van der Waals surface area contributed by atoms with E-state index in [0.29, 0.717) is 0 Å². The molecule has 5 heteroatoms. The van der Waals surface area contributed by atoms with Crippen molar-refractivity contribution in [1.29, 1.82) is 0 Å². The number of halogens is 1. The second-order valence-electron chi connectivity index (χ2n) is 5.15. The van der Waals surface area contributed by atoms with Gasteiger partial charge >= 0.3 is 0 Å². The predicted molar refractivity (Wildman–Crippen MR) is 86.8 cm³/mol. The highest BCUT2D eigenvalue weighted by Gasteiger charge is 2.18. The van der Waals surface area contributed by atoms with Gasteiger partial charge in [-0.25, -0.2) is 0 Å². The van der Waals surface area contributed by atoms with E-state index in [9.17, 15) is 0 Å². The number of aromatic nitrogens is 2. The molecule has 4 nitrogen and oxygen atoms in total. The van der Waals surface area contributed by atoms with E-state index in [1.807, 2.05) is 19.0 Å². The number of nitrogens with one attached hydrogen (secondary N) is 1. The summed E-state index contributed by atoms with van der Waals surface area (Å²) < 4.78 is 6.46. The second kappa shape index (κ2) is 5.48. The van der Waals surface area contributed by atoms with E-state index in [2.05, 4.69) is 53.0 Å². The third-order valence-electron chi connectivity index (χ3n) is 3.61. The minimum Gasteiger partial charge on any atom is -0.496 e. The maximum Gasteiger partial charge on any atom is 0.164 e. The number of H-pyrrole nitrogens is 1. The van der Waals surface area contributed by atoms with Crippen LogP contribution in [-0.2, 0) is 0 Å². The molecule has 0 saturated carbocycles. The van der Waals surface area contributed by atoms with Gasteiger partial charge in [-0.2, -0.15) is 5.10 Å². The van der Waals surface area contributed by atoms with E-state index in [0.717, 1.165) is 38.4 Å². The molecule has 2 aromatic rings. The fraction of sp³-hybridized carbons (Fsp3) is 0.400. The molecule has 0 saturated heterocycles. The number of ether oxygens (including phenoxy) is 1. The van der Waals surface area contributed by atoms with E-state index in [4.69, 9.17) is 4.74 Å². The SMILES string of the molecule is COc1c(C)cc(-c2[nH]nc(N(C)C)c2Br)c(C)c1C. The molecule has 1 aromatic heterocycles. The summed E-state index contributed by atoms with van der Waals surface area (Å²) in [4.78, 5) is 1.97. The number of aromatic amines is 1. The number of anilines is 1. The summed E-state index contributed by atoms with van der Waals surface area (Å²) in [5.74, 6) is 1.85. The summed E-state index contributed by atoms with van der Waals surface area (Å²) in [6, 6.07) is 2.14. The number of nitrogens with zero attached hydrogens (tertiary/aromatic N) is 2. The molecule has 0 atom stereocenters. The Bertz CT molecular complexity index is 647. The van der Waals surface area contributed by atoms with E-state index in [1.54, 1.807) is 7.11 Å². The molecule has 2 rings (SSSR count). The van der Waals surface area contributed by atoms with Crippen LogP contribution in [0.3, 0.4) is 0 Å². The molecule has 0 bridgehead atoms. The highest BCUT2D eigenvalue weighted by molar-refractivity contribution is 9.10. The van der Waals surface area contributed by atoms with E-state index < -0.39 is 0 Å². The first kappa shape index (κ1) is 14.9. The van der Waals surface area contributed by atoms with Crippen LogP contribution in [0.15, 0.2) is 10.5 Å². The maximum absolute atomic E-state index is 5.48. The standard InChI is InChI=1S/C15H20BrN3O/c1-8-7-11(9(2)10(3)14(8)20-6)13-12(16)15(18-17-13)19(4)5/h7H,1-6H3,(H,17,18). The molecule has 0 radical (unpaired) electrons. The second-order valence-corrected chi connectivity index (χ2v) is 5.95. The van der Waals surface area contributed by atoms with Gasteiger partial charge in [-0.3, -0.25) is 5.10 Å². The highest BCUT2D eigenvalue weighted by atomic mass is 79.9. The lowest BCUT2D eigenvalue weighted by molar-refractivity contribution is 0.408. The van der Waals surface area contributed by atoms with Crippen LogP contribution in [0.25, 0.3) is 11.3 Å². The number of hydrogen-bond acceptors (Lipinski definition) is 3. The normalized spacial score (nSPS) is 10.8. The monoisotopic (exact) mass is 337 g/mol. The average molecular weight is 338 g/mol. The molecule has 20 heavy (non-hydrogen) atoms. The largest absolute Gasteiger partial charge is 0.496 e. The average Bonchev–Trinajstić information content (AvgIpc) is 2.76. The van der Waals surface area contributed by atoms with Crippen LogP contribution in [0, 0.1) is 20.8 Å². The van der Waals surface area contributed by atoms with Gasteiger partial charge < -0.3 is 9.64 Å². The summed E-state index contributed by atoms with van der Waals surface area (Å²) in [7, 11) is 5.66. The first-order valence-corrected chi connectivity index (χ1v) is 7.24. The van der Waals surface area contributed by atoms with Crippen LogP contribution < -0.4 is 9.64 Å². The Labute approximate surface area is 128 Å². The molecule has 0 spiro atoms. The van der Waals surface area contributed by atoms with Crippen LogP contribution in [0.2, 0.25) is 0 Å². The first-order valence-electron chi connectivity index (χ1n) is 6.44. The summed E-state index contributed by atoms with van der Waals surface area (Å²) in [5.41, 5.74) is 5.63. The summed E-state index contributed by atoms with van der Waals surface area (Å²) in [6.07, 6.45) is 0. The lowest BCUT2D eigenvalue weighted by Crippen LogP contribution is -2.09. The minimum absolute atomic E-state index is 0.894. The molecule has 0 amide bonds. The highest BCUT2D eigenvalue weighted by Crippen LogP contribution is 2.38. The van der Waals surface area contributed by atoms with E-state index in [-0.39, 0.29) is 0 Å². The Morgan fingerprint density at radius 3 is 2.35 bits per heavy atom. The zero-order chi connectivity index (χ0) is 15.0. The first-order chi connectivity index (χ1) is 9.38. The van der Waals surface area contributed by atoms with Gasteiger partial charge in [0.25, 0.3) is 0 Å². The predicted octanol–water partition coefficient (Wildman–Crippen LogP) is 3.84. The van der Waals surface area contributed by atoms with E-state index in [1.165, 1.54) is 5.56 Å². The molecule has 0 aliphatic rings. The Morgan fingerprint density at radius 1 is 1.20 bits per heavy atom. The molecular weight excluding hydrogens is 318 g/mol. The number of aryl methyl sites for hydroxylation is 1. The van der Waals surface area contributed by atoms with Crippen molar-refractivity contribution < 1.29 is 4.74 Å². The van der Waals surface area contributed by atoms with Crippen LogP contribution in [0.1, 0.15) is 16.7 Å². The number of rotatable bonds is 3. The lowest BCUT2D eigenvalue weighted by atomic mass is 9.96. The van der Waals surface area contributed by atoms with Crippen LogP contribution >= 0.6 is 15.9 Å². The molecule has 1 N–H and O–H groups in total. The smallest absolute Gasteiger partial charge is 0.164 e. The molecule has 0 fully saturated rings. The van der Waals surface area contributed by atoms with Crippen molar-refractivity contribution in [3.8, 4) is 17.0 Å². The van der Waals surface area contributed by atoms with Crippen molar-refractivity contribution in [1.82, 2.24) is 10.2 Å². The molecule has 1 heterocycles. The lowest BCUT2D eigenvalue weighted by Gasteiger charge is -2.15. The topological polar surface area (TPSA) is 41.1 Å². The minimum atomic E-state index is 0.894. The van der Waals surface area contributed by atoms with Crippen LogP contribution in [0.5, 0.6) is 5.75 Å². The molecular formula is C15H20BrN3O. The summed E-state index contributed by atoms with van der Waals surface area (Å²) in [5, 5.41) is 7.48. The maximum atomic E-state index is 5.48. The molecule has 0 unspecified atom stereocenters. The van der Waals surface area contributed by atoms with Gasteiger partial charge in [0.15, 0.2) is 5.82 Å². The van der Waals surface area contributed by atoms with Crippen molar-refractivity contribution in [3.05, 3.63) is 27.2 Å². The summed E-state index contributed by atoms with van der Waals surface area (Å²) >= 11 is 3.64. The van der Waals surface area contributed by atoms with E-state index >= 15 is 0 Å². The molecule has 0 aliphatic carbocycles. The fourth-order valence-electron chi connectivity index (χ4n) is 2.43. The Balaban J connectivity index is 2.65. The van der Waals surface area contributed by atoms with Crippen LogP contribution in [-0.4, -0.2) is 31.4 Å². The number of methoxy groups -OCH3 is 1. The van der Waals surface area contributed by atoms with Gasteiger partial charge in [-0.15, -0.1) is 0 Å². The zero-order valence-corrected chi connectivity index (χ0v) is 14.3. The Hall–Kier alpha value is -1.49. The van der Waals surface area contributed by atoms with Gasteiger partial charge in [0.2, 0.25) is 0 Å². The molecule has 1 aromatic carbocycles. The third kappa shape index (κ3) is 2.30. The van der Waals surface area contributed by atoms with Gasteiger partial charge in [0, 0.05) is 19.7 Å². The van der Waals surface area contributed by atoms with Crippen molar-refractivity contribution in [2.75, 3.05) is 26.1 Å². The Kier molecular flexibility index (Phi) is 4.09. The van der Waals surface area contributed by atoms with Gasteiger partial charge in [-0.1, -0.05) is 0 Å². The van der Waals surface area contributed by atoms with Gasteiger partial charge in [-0.05, 0) is 59.5 Å². The Morgan fingerprint density at radius 2 is 1.85 bits per heavy atom. The molecule has 108 valence electrons. The van der Waals surface area contributed by atoms with Gasteiger partial charge in [0.05, 0.1) is 17.3 Å². The summed E-state index contributed by atoms with van der Waals surface area (Å²) in [6.45, 7) is 6.25.